The van der Waals surface area contributed by atoms with E-state index in [0.29, 0.717) is 11.3 Å². The molecule has 0 aliphatic rings. The molecule has 3 amide bonds. The number of carboxylic acids is 2. The first-order valence-corrected chi connectivity index (χ1v) is 15.3. The molecule has 0 bridgehead atoms. The molecule has 0 saturated heterocycles. The molecule has 0 radical (unpaired) electrons. The summed E-state index contributed by atoms with van der Waals surface area (Å²) in [4.78, 5) is 65.9. The molecule has 236 valence electrons. The largest absolute Gasteiger partial charge is 0.508 e. The number of amides is 3. The zero-order valence-electron chi connectivity index (χ0n) is 24.1. The summed E-state index contributed by atoms with van der Waals surface area (Å²) in [6.45, 7) is 0. The number of hydrogen-bond acceptors (Lipinski definition) is 8. The Morgan fingerprint density at radius 1 is 0.841 bits per heavy atom. The highest BCUT2D eigenvalue weighted by Gasteiger charge is 2.31. The van der Waals surface area contributed by atoms with Crippen molar-refractivity contribution in [2.45, 2.75) is 56.3 Å². The number of H-pyrrole nitrogens is 1. The number of aromatic hydroxyl groups is 1. The summed E-state index contributed by atoms with van der Waals surface area (Å²) in [6.07, 6.45) is 3.06. The summed E-state index contributed by atoms with van der Waals surface area (Å²) in [5.74, 6) is -4.26. The van der Waals surface area contributed by atoms with Crippen molar-refractivity contribution in [3.8, 4) is 5.75 Å². The van der Waals surface area contributed by atoms with Gasteiger partial charge in [0.15, 0.2) is 0 Å². The minimum atomic E-state index is -1.33. The maximum absolute atomic E-state index is 13.3. The lowest BCUT2D eigenvalue weighted by Gasteiger charge is -2.25. The lowest BCUT2D eigenvalue weighted by atomic mass is 10.0. The smallest absolute Gasteiger partial charge is 0.326 e. The second-order valence-corrected chi connectivity index (χ2v) is 11.3. The quantitative estimate of drug-likeness (QED) is 0.107. The summed E-state index contributed by atoms with van der Waals surface area (Å²) in [5, 5.41) is 36.9. The number of aliphatic carboxylic acids is 2. The molecule has 0 spiro atoms. The van der Waals surface area contributed by atoms with Crippen molar-refractivity contribution < 1.29 is 39.3 Å². The van der Waals surface area contributed by atoms with E-state index in [1.54, 1.807) is 12.5 Å². The third kappa shape index (κ3) is 10.0. The molecule has 1 heterocycles. The molecule has 2 aromatic carbocycles. The van der Waals surface area contributed by atoms with Gasteiger partial charge in [0, 0.05) is 29.9 Å². The third-order valence-electron chi connectivity index (χ3n) is 6.97. The van der Waals surface area contributed by atoms with Gasteiger partial charge in [0.25, 0.3) is 0 Å². The highest BCUT2D eigenvalue weighted by atomic mass is 32.2. The van der Waals surface area contributed by atoms with Crippen LogP contribution in [0.25, 0.3) is 10.9 Å². The Labute approximate surface area is 258 Å². The Morgan fingerprint density at radius 2 is 1.45 bits per heavy atom. The minimum Gasteiger partial charge on any atom is -0.508 e. The molecular weight excluding hydrogens is 590 g/mol. The second kappa shape index (κ2) is 16.3. The van der Waals surface area contributed by atoms with Gasteiger partial charge in [0.05, 0.1) is 6.04 Å². The number of fused-ring (bicyclic) bond motifs is 1. The molecular formula is C30H37N5O8S. The minimum absolute atomic E-state index is 0.00738. The number of aromatic nitrogens is 1. The Bertz CT molecular complexity index is 1460. The van der Waals surface area contributed by atoms with Crippen LogP contribution in [0.4, 0.5) is 0 Å². The highest BCUT2D eigenvalue weighted by molar-refractivity contribution is 7.98. The summed E-state index contributed by atoms with van der Waals surface area (Å²) in [6, 6.07) is 8.48. The van der Waals surface area contributed by atoms with Crippen LogP contribution in [-0.4, -0.2) is 86.1 Å². The van der Waals surface area contributed by atoms with Gasteiger partial charge in [-0.3, -0.25) is 19.2 Å². The number of rotatable bonds is 17. The van der Waals surface area contributed by atoms with E-state index in [0.717, 1.165) is 16.5 Å². The van der Waals surface area contributed by atoms with Crippen LogP contribution in [0.2, 0.25) is 0 Å². The van der Waals surface area contributed by atoms with Crippen molar-refractivity contribution in [3.05, 3.63) is 65.9 Å². The first kappa shape index (κ1) is 33.9. The summed E-state index contributed by atoms with van der Waals surface area (Å²) in [7, 11) is 0. The van der Waals surface area contributed by atoms with Crippen LogP contribution in [0.3, 0.4) is 0 Å². The summed E-state index contributed by atoms with van der Waals surface area (Å²) >= 11 is 1.41. The van der Waals surface area contributed by atoms with Crippen molar-refractivity contribution in [3.63, 3.8) is 0 Å². The number of nitrogens with one attached hydrogen (secondary N) is 4. The molecule has 44 heavy (non-hydrogen) atoms. The van der Waals surface area contributed by atoms with Crippen LogP contribution >= 0.6 is 11.8 Å². The maximum Gasteiger partial charge on any atom is 0.326 e. The predicted octanol–water partition coefficient (Wildman–Crippen LogP) is 1.14. The van der Waals surface area contributed by atoms with E-state index in [2.05, 4.69) is 20.9 Å². The molecule has 14 heteroatoms. The van der Waals surface area contributed by atoms with Crippen LogP contribution in [-0.2, 0) is 36.8 Å². The van der Waals surface area contributed by atoms with Gasteiger partial charge in [-0.1, -0.05) is 30.3 Å². The fourth-order valence-electron chi connectivity index (χ4n) is 4.56. The number of carbonyl (C=O) groups excluding carboxylic acids is 3. The van der Waals surface area contributed by atoms with E-state index in [9.17, 15) is 39.3 Å². The van der Waals surface area contributed by atoms with Gasteiger partial charge >= 0.3 is 11.9 Å². The first-order chi connectivity index (χ1) is 21.0. The number of thioether (sulfide) groups is 1. The number of para-hydroxylation sites is 1. The molecule has 9 N–H and O–H groups in total. The van der Waals surface area contributed by atoms with E-state index in [1.165, 1.54) is 36.0 Å². The van der Waals surface area contributed by atoms with Crippen LogP contribution in [0, 0.1) is 0 Å². The van der Waals surface area contributed by atoms with Crippen LogP contribution < -0.4 is 21.7 Å². The average molecular weight is 628 g/mol. The molecule has 0 saturated carbocycles. The van der Waals surface area contributed by atoms with Crippen molar-refractivity contribution in [2.75, 3.05) is 12.0 Å². The summed E-state index contributed by atoms with van der Waals surface area (Å²) in [5.41, 5.74) is 8.39. The molecule has 4 atom stereocenters. The van der Waals surface area contributed by atoms with E-state index in [4.69, 9.17) is 5.73 Å². The predicted molar refractivity (Wildman–Crippen MR) is 165 cm³/mol. The van der Waals surface area contributed by atoms with Gasteiger partial charge in [0.1, 0.15) is 23.9 Å². The fraction of sp³-hybridized carbons (Fsp3) is 0.367. The highest BCUT2D eigenvalue weighted by Crippen LogP contribution is 2.19. The van der Waals surface area contributed by atoms with Gasteiger partial charge in [-0.15, -0.1) is 0 Å². The molecule has 1 aromatic heterocycles. The van der Waals surface area contributed by atoms with Gasteiger partial charge in [-0.2, -0.15) is 11.8 Å². The number of phenols is 1. The summed E-state index contributed by atoms with van der Waals surface area (Å²) < 4.78 is 0. The zero-order valence-corrected chi connectivity index (χ0v) is 24.9. The van der Waals surface area contributed by atoms with E-state index >= 15 is 0 Å². The fourth-order valence-corrected chi connectivity index (χ4v) is 5.03. The van der Waals surface area contributed by atoms with Gasteiger partial charge in [0.2, 0.25) is 17.7 Å². The normalized spacial score (nSPS) is 13.8. The number of nitrogens with two attached hydrogens (primary N) is 1. The molecule has 3 aromatic rings. The lowest BCUT2D eigenvalue weighted by Crippen LogP contribution is -2.57. The van der Waals surface area contributed by atoms with Gasteiger partial charge < -0.3 is 42.0 Å². The number of carbonyl (C=O) groups is 5. The molecule has 3 rings (SSSR count). The Kier molecular flexibility index (Phi) is 12.6. The number of phenolic OH excluding ortho intramolecular Hbond substituents is 1. The Morgan fingerprint density at radius 3 is 2.09 bits per heavy atom. The molecule has 13 nitrogen and oxygen atoms in total. The lowest BCUT2D eigenvalue weighted by molar-refractivity contribution is -0.142. The van der Waals surface area contributed by atoms with Crippen LogP contribution in [0.1, 0.15) is 30.4 Å². The standard InChI is InChI=1S/C30H37N5O8S/c1-44-13-12-24(29(41)35-25(30(42)43)14-17-6-8-19(36)9-7-17)34-28(40)23(10-11-26(37)38)33-27(39)21(31)15-18-16-32-22-5-3-2-4-20(18)22/h2-9,16,21,23-25,32,36H,10-15,31H2,1H3,(H,33,39)(H,34,40)(H,35,41)(H,37,38)(H,42,43). The molecule has 0 fully saturated rings. The Hall–Kier alpha value is -4.56. The van der Waals surface area contributed by atoms with Crippen molar-refractivity contribution in [1.82, 2.24) is 20.9 Å². The topological polar surface area (TPSA) is 224 Å². The third-order valence-corrected chi connectivity index (χ3v) is 7.61. The first-order valence-electron chi connectivity index (χ1n) is 13.9. The number of hydrogen-bond donors (Lipinski definition) is 8. The number of benzene rings is 2. The maximum atomic E-state index is 13.3. The Balaban J connectivity index is 1.70. The molecule has 0 aliphatic heterocycles. The zero-order chi connectivity index (χ0) is 32.2. The van der Waals surface area contributed by atoms with E-state index in [-0.39, 0.29) is 31.4 Å². The molecule has 0 aliphatic carbocycles. The second-order valence-electron chi connectivity index (χ2n) is 10.3. The number of carboxylic acid groups (broad SMARTS) is 2. The van der Waals surface area contributed by atoms with Gasteiger partial charge in [-0.05, 0) is 60.6 Å². The average Bonchev–Trinajstić information content (AvgIpc) is 3.40. The van der Waals surface area contributed by atoms with E-state index < -0.39 is 60.2 Å². The number of aromatic amines is 1. The SMILES string of the molecule is CSCCC(NC(=O)C(CCC(=O)O)NC(=O)C(N)Cc1c[nH]c2ccccc12)C(=O)NC(Cc1ccc(O)cc1)C(=O)O. The van der Waals surface area contributed by atoms with Crippen LogP contribution in [0.15, 0.2) is 54.7 Å². The van der Waals surface area contributed by atoms with Crippen molar-refractivity contribution >= 4 is 52.3 Å². The molecule has 4 unspecified atom stereocenters. The van der Waals surface area contributed by atoms with Crippen LogP contribution in [0.5, 0.6) is 5.75 Å². The van der Waals surface area contributed by atoms with Crippen molar-refractivity contribution in [1.29, 1.82) is 0 Å². The van der Waals surface area contributed by atoms with Crippen molar-refractivity contribution in [2.24, 2.45) is 5.73 Å². The monoisotopic (exact) mass is 627 g/mol. The van der Waals surface area contributed by atoms with Gasteiger partial charge in [-0.25, -0.2) is 4.79 Å². The van der Waals surface area contributed by atoms with E-state index in [1.807, 2.05) is 24.3 Å².